The molecule has 0 spiro atoms. The van der Waals surface area contributed by atoms with E-state index in [0.717, 1.165) is 5.57 Å². The molecule has 86 valence electrons. The van der Waals surface area contributed by atoms with Crippen LogP contribution in [0.1, 0.15) is 13.3 Å². The zero-order chi connectivity index (χ0) is 11.5. The van der Waals surface area contributed by atoms with E-state index in [4.69, 9.17) is 5.73 Å². The van der Waals surface area contributed by atoms with Crippen LogP contribution >= 0.6 is 0 Å². The molecule has 0 bridgehead atoms. The third-order valence-electron chi connectivity index (χ3n) is 2.08. The van der Waals surface area contributed by atoms with E-state index in [1.807, 2.05) is 13.0 Å². The normalized spacial score (nSPS) is 23.8. The van der Waals surface area contributed by atoms with E-state index in [-0.39, 0.29) is 6.04 Å². The van der Waals surface area contributed by atoms with Gasteiger partial charge in [-0.3, -0.25) is 0 Å². The quantitative estimate of drug-likeness (QED) is 0.792. The van der Waals surface area contributed by atoms with Gasteiger partial charge in [0.25, 0.3) is 0 Å². The van der Waals surface area contributed by atoms with Crippen LogP contribution in [-0.2, 0) is 4.74 Å². The van der Waals surface area contributed by atoms with Gasteiger partial charge in [0.15, 0.2) is 0 Å². The van der Waals surface area contributed by atoms with Gasteiger partial charge in [-0.15, -0.1) is 0 Å². The monoisotopic (exact) mass is 221 g/mol. The predicted molar refractivity (Wildman–Crippen MR) is 51.3 cm³/mol. The Bertz CT molecular complexity index is 268. The molecule has 0 saturated heterocycles. The molecule has 5 heteroatoms. The smallest absolute Gasteiger partial charge is 0.364 e. The van der Waals surface area contributed by atoms with Gasteiger partial charge in [-0.2, -0.15) is 13.2 Å². The standard InChI is InChI=1S/C10H14F3NO/c1-7(14)8-2-4-9(5-3-8)15-6-10(11,12)13/h2-4,7,9H,5-6,14H2,1H3. The van der Waals surface area contributed by atoms with E-state index in [1.165, 1.54) is 0 Å². The second-order valence-electron chi connectivity index (χ2n) is 3.55. The lowest BCUT2D eigenvalue weighted by Crippen LogP contribution is -2.24. The molecule has 0 heterocycles. The molecule has 0 amide bonds. The molecule has 1 rings (SSSR count). The summed E-state index contributed by atoms with van der Waals surface area (Å²) < 4.78 is 40.2. The van der Waals surface area contributed by atoms with Crippen LogP contribution in [0.2, 0.25) is 0 Å². The second kappa shape index (κ2) is 4.81. The van der Waals surface area contributed by atoms with Gasteiger partial charge >= 0.3 is 6.18 Å². The van der Waals surface area contributed by atoms with Crippen LogP contribution in [0.5, 0.6) is 0 Å². The van der Waals surface area contributed by atoms with Crippen LogP contribution in [0.25, 0.3) is 0 Å². The van der Waals surface area contributed by atoms with Crippen molar-refractivity contribution >= 4 is 0 Å². The summed E-state index contributed by atoms with van der Waals surface area (Å²) in [6.07, 6.45) is 0.836. The molecule has 0 aromatic heterocycles. The first-order valence-corrected chi connectivity index (χ1v) is 4.70. The van der Waals surface area contributed by atoms with Gasteiger partial charge < -0.3 is 10.5 Å². The highest BCUT2D eigenvalue weighted by atomic mass is 19.4. The third kappa shape index (κ3) is 4.48. The maximum atomic E-state index is 11.8. The van der Waals surface area contributed by atoms with Crippen LogP contribution in [0.4, 0.5) is 13.2 Å². The summed E-state index contributed by atoms with van der Waals surface area (Å²) in [5.74, 6) is 0. The number of rotatable bonds is 3. The molecule has 0 aliphatic heterocycles. The summed E-state index contributed by atoms with van der Waals surface area (Å²) in [5.41, 5.74) is 6.55. The molecule has 2 N–H and O–H groups in total. The van der Waals surface area contributed by atoms with Crippen molar-refractivity contribution in [2.24, 2.45) is 5.73 Å². The predicted octanol–water partition coefficient (Wildman–Crippen LogP) is 2.17. The van der Waals surface area contributed by atoms with Crippen molar-refractivity contribution in [2.45, 2.75) is 31.7 Å². The van der Waals surface area contributed by atoms with E-state index < -0.39 is 18.9 Å². The van der Waals surface area contributed by atoms with Gasteiger partial charge in [0.2, 0.25) is 0 Å². The van der Waals surface area contributed by atoms with Gasteiger partial charge in [0, 0.05) is 6.04 Å². The Balaban J connectivity index is 2.37. The fourth-order valence-corrected chi connectivity index (χ4v) is 1.28. The maximum absolute atomic E-state index is 11.8. The maximum Gasteiger partial charge on any atom is 0.411 e. The first-order chi connectivity index (χ1) is 6.88. The molecule has 15 heavy (non-hydrogen) atoms. The van der Waals surface area contributed by atoms with Crippen LogP contribution in [0.3, 0.4) is 0 Å². The highest BCUT2D eigenvalue weighted by Crippen LogP contribution is 2.20. The molecule has 0 radical (unpaired) electrons. The molecule has 0 fully saturated rings. The van der Waals surface area contributed by atoms with Crippen molar-refractivity contribution in [1.29, 1.82) is 0 Å². The van der Waals surface area contributed by atoms with E-state index in [0.29, 0.717) is 6.42 Å². The molecule has 1 aliphatic rings. The Morgan fingerprint density at radius 2 is 2.27 bits per heavy atom. The lowest BCUT2D eigenvalue weighted by atomic mass is 10.0. The minimum atomic E-state index is -4.26. The van der Waals surface area contributed by atoms with Crippen LogP contribution in [0.15, 0.2) is 23.8 Å². The minimum absolute atomic E-state index is 0.0928. The third-order valence-corrected chi connectivity index (χ3v) is 2.08. The Kier molecular flexibility index (Phi) is 3.93. The summed E-state index contributed by atoms with van der Waals surface area (Å²) in [4.78, 5) is 0. The van der Waals surface area contributed by atoms with Crippen molar-refractivity contribution in [1.82, 2.24) is 0 Å². The van der Waals surface area contributed by atoms with Gasteiger partial charge in [0.05, 0.1) is 6.10 Å². The molecule has 2 unspecified atom stereocenters. The van der Waals surface area contributed by atoms with Gasteiger partial charge in [-0.1, -0.05) is 18.2 Å². The SMILES string of the molecule is CC(N)C1=CCC(OCC(F)(F)F)C=C1. The summed E-state index contributed by atoms with van der Waals surface area (Å²) >= 11 is 0. The van der Waals surface area contributed by atoms with Crippen LogP contribution in [0, 0.1) is 0 Å². The lowest BCUT2D eigenvalue weighted by molar-refractivity contribution is -0.180. The van der Waals surface area contributed by atoms with E-state index in [2.05, 4.69) is 4.74 Å². The summed E-state index contributed by atoms with van der Waals surface area (Å²) in [7, 11) is 0. The largest absolute Gasteiger partial charge is 0.411 e. The molecule has 0 aromatic carbocycles. The molecule has 0 aromatic rings. The molecule has 0 saturated carbocycles. The van der Waals surface area contributed by atoms with Gasteiger partial charge in [0.1, 0.15) is 6.61 Å². The topological polar surface area (TPSA) is 35.2 Å². The highest BCUT2D eigenvalue weighted by Gasteiger charge is 2.29. The zero-order valence-corrected chi connectivity index (χ0v) is 8.42. The molecular formula is C10H14F3NO. The number of nitrogens with two attached hydrogens (primary N) is 1. The van der Waals surface area contributed by atoms with Gasteiger partial charge in [-0.25, -0.2) is 0 Å². The number of halogens is 3. The minimum Gasteiger partial charge on any atom is -0.364 e. The molecule has 1 aliphatic carbocycles. The second-order valence-corrected chi connectivity index (χ2v) is 3.55. The summed E-state index contributed by atoms with van der Waals surface area (Å²) in [6.45, 7) is 0.621. The average Bonchev–Trinajstić information content (AvgIpc) is 2.14. The van der Waals surface area contributed by atoms with Crippen molar-refractivity contribution < 1.29 is 17.9 Å². The first-order valence-electron chi connectivity index (χ1n) is 4.70. The number of hydrogen-bond acceptors (Lipinski definition) is 2. The Morgan fingerprint density at radius 3 is 2.67 bits per heavy atom. The molecule has 2 nitrogen and oxygen atoms in total. The Labute approximate surface area is 86.6 Å². The van der Waals surface area contributed by atoms with Crippen molar-refractivity contribution in [2.75, 3.05) is 6.61 Å². The highest BCUT2D eigenvalue weighted by molar-refractivity contribution is 5.28. The average molecular weight is 221 g/mol. The van der Waals surface area contributed by atoms with Crippen molar-refractivity contribution in [3.8, 4) is 0 Å². The van der Waals surface area contributed by atoms with Crippen LogP contribution in [-0.4, -0.2) is 24.9 Å². The van der Waals surface area contributed by atoms with Crippen molar-refractivity contribution in [3.05, 3.63) is 23.8 Å². The first kappa shape index (κ1) is 12.3. The van der Waals surface area contributed by atoms with Gasteiger partial charge in [-0.05, 0) is 18.9 Å². The van der Waals surface area contributed by atoms with E-state index in [9.17, 15) is 13.2 Å². The fourth-order valence-electron chi connectivity index (χ4n) is 1.28. The van der Waals surface area contributed by atoms with E-state index in [1.54, 1.807) is 12.2 Å². The summed E-state index contributed by atoms with van der Waals surface area (Å²) in [6, 6.07) is -0.0928. The van der Waals surface area contributed by atoms with E-state index >= 15 is 0 Å². The Morgan fingerprint density at radius 1 is 1.60 bits per heavy atom. The van der Waals surface area contributed by atoms with Crippen molar-refractivity contribution in [3.63, 3.8) is 0 Å². The number of ether oxygens (including phenoxy) is 1. The zero-order valence-electron chi connectivity index (χ0n) is 8.42. The lowest BCUT2D eigenvalue weighted by Gasteiger charge is -2.19. The number of hydrogen-bond donors (Lipinski definition) is 1. The Hall–Kier alpha value is -0.810. The van der Waals surface area contributed by atoms with Crippen LogP contribution < -0.4 is 5.73 Å². The molecule has 2 atom stereocenters. The summed E-state index contributed by atoms with van der Waals surface area (Å²) in [5, 5.41) is 0. The molecular weight excluding hydrogens is 207 g/mol. The number of alkyl halides is 3. The fraction of sp³-hybridized carbons (Fsp3) is 0.600.